The van der Waals surface area contributed by atoms with Gasteiger partial charge in [-0.3, -0.25) is 14.5 Å². The van der Waals surface area contributed by atoms with Gasteiger partial charge in [-0.1, -0.05) is 11.6 Å². The van der Waals surface area contributed by atoms with Crippen molar-refractivity contribution in [3.05, 3.63) is 41.4 Å². The number of nitrogens with zero attached hydrogens (tertiary/aromatic N) is 3. The van der Waals surface area contributed by atoms with E-state index >= 15 is 0 Å². The lowest BCUT2D eigenvalue weighted by atomic mass is 10.1. The second kappa shape index (κ2) is 14.1. The van der Waals surface area contributed by atoms with Crippen molar-refractivity contribution in [3.63, 3.8) is 0 Å². The van der Waals surface area contributed by atoms with Crippen LogP contribution in [0.4, 0.5) is 15.3 Å². The molecule has 0 aliphatic rings. The molecule has 13 nitrogen and oxygen atoms in total. The van der Waals surface area contributed by atoms with Crippen LogP contribution in [-0.4, -0.2) is 101 Å². The summed E-state index contributed by atoms with van der Waals surface area (Å²) in [6.45, 7) is -0.681. The third-order valence-electron chi connectivity index (χ3n) is 6.00. The summed E-state index contributed by atoms with van der Waals surface area (Å²) in [5, 5.41) is 35.5. The number of amides is 3. The number of hydrogen-bond donors (Lipinski definition) is 5. The number of aromatic nitrogens is 1. The highest BCUT2D eigenvalue weighted by Crippen LogP contribution is 2.34. The monoisotopic (exact) mass is 575 g/mol. The summed E-state index contributed by atoms with van der Waals surface area (Å²) in [6.07, 6.45) is -2.04. The number of imide groups is 1. The third-order valence-corrected chi connectivity index (χ3v) is 6.23. The van der Waals surface area contributed by atoms with Crippen LogP contribution in [-0.2, 0) is 9.59 Å². The van der Waals surface area contributed by atoms with E-state index in [2.05, 4.69) is 10.6 Å². The first-order valence-electron chi connectivity index (χ1n) is 12.3. The molecule has 0 aliphatic carbocycles. The van der Waals surface area contributed by atoms with E-state index in [4.69, 9.17) is 36.6 Å². The van der Waals surface area contributed by atoms with Gasteiger partial charge in [0.05, 0.1) is 36.9 Å². The number of aliphatic carboxylic acids is 1. The fraction of sp³-hybridized carbons (Fsp3) is 0.346. The fourth-order valence-electron chi connectivity index (χ4n) is 4.08. The summed E-state index contributed by atoms with van der Waals surface area (Å²) in [6, 6.07) is 11.1. The summed E-state index contributed by atoms with van der Waals surface area (Å²) in [5.74, 6) is -0.988. The number of anilines is 1. The fourth-order valence-corrected chi connectivity index (χ4v) is 4.25. The van der Waals surface area contributed by atoms with Crippen molar-refractivity contribution in [3.8, 4) is 5.75 Å². The molecule has 14 heteroatoms. The predicted octanol–water partition coefficient (Wildman–Crippen LogP) is 3.40. The van der Waals surface area contributed by atoms with Crippen molar-refractivity contribution in [2.45, 2.75) is 12.8 Å². The Morgan fingerprint density at radius 3 is 2.30 bits per heavy atom. The lowest BCUT2D eigenvalue weighted by Gasteiger charge is -2.22. The van der Waals surface area contributed by atoms with Crippen molar-refractivity contribution < 1.29 is 39.2 Å². The van der Waals surface area contributed by atoms with Gasteiger partial charge in [-0.15, -0.1) is 0 Å². The predicted molar refractivity (Wildman–Crippen MR) is 148 cm³/mol. The molecule has 0 atom stereocenters. The van der Waals surface area contributed by atoms with E-state index in [1.165, 1.54) is 0 Å². The van der Waals surface area contributed by atoms with Crippen molar-refractivity contribution in [1.29, 1.82) is 0 Å². The van der Waals surface area contributed by atoms with Gasteiger partial charge in [-0.05, 0) is 49.2 Å². The minimum atomic E-state index is -1.68. The normalized spacial score (nSPS) is 11.0. The first-order chi connectivity index (χ1) is 19.1. The molecule has 214 valence electrons. The van der Waals surface area contributed by atoms with Crippen molar-refractivity contribution in [1.82, 2.24) is 20.1 Å². The summed E-state index contributed by atoms with van der Waals surface area (Å²) in [4.78, 5) is 51.5. The van der Waals surface area contributed by atoms with Gasteiger partial charge in [-0.25, -0.2) is 19.5 Å². The Hall–Kier alpha value is -4.36. The van der Waals surface area contributed by atoms with E-state index in [1.54, 1.807) is 19.2 Å². The maximum absolute atomic E-state index is 12.3. The molecule has 0 bridgehead atoms. The van der Waals surface area contributed by atoms with E-state index in [-0.39, 0.29) is 18.0 Å². The van der Waals surface area contributed by atoms with Crippen LogP contribution in [0, 0.1) is 0 Å². The first-order valence-corrected chi connectivity index (χ1v) is 12.7. The van der Waals surface area contributed by atoms with Crippen LogP contribution in [0.2, 0.25) is 5.02 Å². The highest BCUT2D eigenvalue weighted by Gasteiger charge is 2.22. The third kappa shape index (κ3) is 8.32. The number of methoxy groups -OCH3 is 1. The topological polar surface area (TPSA) is 182 Å². The van der Waals surface area contributed by atoms with E-state index in [0.717, 1.165) is 32.4 Å². The number of fused-ring (bicyclic) bond motifs is 2. The number of rotatable bonds is 14. The van der Waals surface area contributed by atoms with Crippen LogP contribution < -0.4 is 15.4 Å². The molecule has 40 heavy (non-hydrogen) atoms. The minimum Gasteiger partial charge on any atom is -0.497 e. The number of nitrogens with one attached hydrogen (secondary N) is 2. The largest absolute Gasteiger partial charge is 0.497 e. The number of pyridine rings is 1. The maximum Gasteiger partial charge on any atom is 0.416 e. The van der Waals surface area contributed by atoms with Gasteiger partial charge in [-0.2, -0.15) is 0 Å². The molecule has 0 spiro atoms. The Balaban J connectivity index is 1.53. The first kappa shape index (κ1) is 30.2. The molecule has 1 aromatic heterocycles. The van der Waals surface area contributed by atoms with Gasteiger partial charge in [0.15, 0.2) is 0 Å². The zero-order valence-electron chi connectivity index (χ0n) is 21.7. The van der Waals surface area contributed by atoms with Crippen LogP contribution in [0.1, 0.15) is 12.8 Å². The molecule has 0 fully saturated rings. The van der Waals surface area contributed by atoms with Gasteiger partial charge in [0.2, 0.25) is 5.91 Å². The number of ether oxygens (including phenoxy) is 1. The number of carbonyl (C=O) groups is 4. The molecule has 0 saturated heterocycles. The number of hydrogen-bond acceptors (Lipinski definition) is 8. The number of benzene rings is 2. The van der Waals surface area contributed by atoms with Crippen molar-refractivity contribution >= 4 is 63.2 Å². The molecular weight excluding hydrogens is 546 g/mol. The van der Waals surface area contributed by atoms with E-state index in [0.29, 0.717) is 36.7 Å². The van der Waals surface area contributed by atoms with Gasteiger partial charge < -0.3 is 30.7 Å². The summed E-state index contributed by atoms with van der Waals surface area (Å²) < 4.78 is 5.38. The van der Waals surface area contributed by atoms with Gasteiger partial charge in [0.1, 0.15) is 5.75 Å². The molecule has 3 rings (SSSR count). The van der Waals surface area contributed by atoms with E-state index in [9.17, 15) is 19.2 Å². The summed E-state index contributed by atoms with van der Waals surface area (Å²) in [5.41, 5.74) is 2.42. The number of halogens is 1. The van der Waals surface area contributed by atoms with Crippen LogP contribution in [0.25, 0.3) is 21.8 Å². The molecule has 0 aliphatic heterocycles. The Morgan fingerprint density at radius 2 is 1.62 bits per heavy atom. The second-order valence-electron chi connectivity index (χ2n) is 8.84. The molecule has 3 aromatic rings. The second-order valence-corrected chi connectivity index (χ2v) is 9.27. The standard InChI is InChI=1S/C26H30ClN5O8/c1-40-17-5-7-20-19(13-17)24(18-6-4-16(27)12-21(18)30-20)29-9-3-2-8-28-22(33)14-31(15-23(34)35)10-11-32(25(36)37)26(38)39/h4-7,12-13H,2-3,8-11,14-15H2,1H3,(H,28,33)(H,29,30)(H,34,35)(H,36,37)(H,38,39). The number of carbonyl (C=O) groups excluding carboxylic acids is 1. The van der Waals surface area contributed by atoms with Crippen molar-refractivity contribution in [2.75, 3.05) is 51.7 Å². The molecular formula is C26H30ClN5O8. The minimum absolute atomic E-state index is 0.125. The Kier molecular flexibility index (Phi) is 10.7. The smallest absolute Gasteiger partial charge is 0.416 e. The molecule has 1 heterocycles. The van der Waals surface area contributed by atoms with Crippen LogP contribution in [0.3, 0.4) is 0 Å². The average Bonchev–Trinajstić information content (AvgIpc) is 2.88. The van der Waals surface area contributed by atoms with Gasteiger partial charge in [0, 0.05) is 42.0 Å². The summed E-state index contributed by atoms with van der Waals surface area (Å²) >= 11 is 6.17. The average molecular weight is 576 g/mol. The highest BCUT2D eigenvalue weighted by molar-refractivity contribution is 6.31. The number of unbranched alkanes of at least 4 members (excludes halogenated alkanes) is 1. The highest BCUT2D eigenvalue weighted by atomic mass is 35.5. The molecule has 0 saturated carbocycles. The lowest BCUT2D eigenvalue weighted by Crippen LogP contribution is -2.45. The molecule has 5 N–H and O–H groups in total. The Labute approximate surface area is 234 Å². The molecule has 0 radical (unpaired) electrons. The molecule has 0 unspecified atom stereocenters. The zero-order chi connectivity index (χ0) is 29.2. The van der Waals surface area contributed by atoms with Crippen molar-refractivity contribution in [2.24, 2.45) is 0 Å². The summed E-state index contributed by atoms with van der Waals surface area (Å²) in [7, 11) is 1.60. The number of carboxylic acids is 1. The molecule has 2 aromatic carbocycles. The number of carboxylic acid groups (broad SMARTS) is 3. The Bertz CT molecular complexity index is 1390. The molecule has 3 amide bonds. The van der Waals surface area contributed by atoms with E-state index in [1.807, 2.05) is 24.3 Å². The Morgan fingerprint density at radius 1 is 0.900 bits per heavy atom. The zero-order valence-corrected chi connectivity index (χ0v) is 22.5. The lowest BCUT2D eigenvalue weighted by molar-refractivity contribution is -0.138. The van der Waals surface area contributed by atoms with Crippen LogP contribution in [0.15, 0.2) is 36.4 Å². The van der Waals surface area contributed by atoms with Crippen LogP contribution >= 0.6 is 11.6 Å². The van der Waals surface area contributed by atoms with E-state index < -0.39 is 37.2 Å². The van der Waals surface area contributed by atoms with Gasteiger partial charge >= 0.3 is 18.2 Å². The quantitative estimate of drug-likeness (QED) is 0.140. The maximum atomic E-state index is 12.3. The van der Waals surface area contributed by atoms with Crippen LogP contribution in [0.5, 0.6) is 5.75 Å². The van der Waals surface area contributed by atoms with Gasteiger partial charge in [0.25, 0.3) is 0 Å². The SMILES string of the molecule is COc1ccc2nc3cc(Cl)ccc3c(NCCCCNC(=O)CN(CCN(C(=O)O)C(=O)O)CC(=O)O)c2c1.